The Bertz CT molecular complexity index is 663. The summed E-state index contributed by atoms with van der Waals surface area (Å²) in [6.07, 6.45) is 1.11. The Hall–Kier alpha value is -1.81. The van der Waals surface area contributed by atoms with Crippen molar-refractivity contribution in [3.8, 4) is 0 Å². The van der Waals surface area contributed by atoms with Gasteiger partial charge < -0.3 is 26.0 Å². The van der Waals surface area contributed by atoms with Crippen LogP contribution in [0.5, 0.6) is 0 Å². The second-order valence-electron chi connectivity index (χ2n) is 5.75. The topological polar surface area (TPSA) is 131 Å². The molecule has 0 aromatic carbocycles. The number of fused-ring (bicyclic) bond motifs is 1. The van der Waals surface area contributed by atoms with Crippen LogP contribution in [0.3, 0.4) is 0 Å². The van der Waals surface area contributed by atoms with Gasteiger partial charge in [0.05, 0.1) is 19.0 Å². The molecule has 1 aliphatic rings. The largest absolute Gasteiger partial charge is 0.390 e. The molecule has 4 atom stereocenters. The molecule has 23 heavy (non-hydrogen) atoms. The van der Waals surface area contributed by atoms with Gasteiger partial charge in [-0.05, 0) is 13.0 Å². The van der Waals surface area contributed by atoms with Crippen molar-refractivity contribution in [3.05, 3.63) is 12.7 Å². The van der Waals surface area contributed by atoms with Crippen LogP contribution in [0.4, 0.5) is 5.82 Å². The van der Waals surface area contributed by atoms with Crippen LogP contribution in [0.15, 0.2) is 12.7 Å². The van der Waals surface area contributed by atoms with Gasteiger partial charge in [0, 0.05) is 12.5 Å². The number of aliphatic hydroxyl groups excluding tert-OH is 2. The van der Waals surface area contributed by atoms with Crippen molar-refractivity contribution in [1.29, 1.82) is 0 Å². The molecular formula is C14H22N6O3. The molecule has 0 saturated carbocycles. The minimum absolute atomic E-state index is 0.165. The second-order valence-corrected chi connectivity index (χ2v) is 5.75. The van der Waals surface area contributed by atoms with E-state index in [4.69, 9.17) is 10.5 Å². The van der Waals surface area contributed by atoms with Crippen LogP contribution < -0.4 is 11.1 Å². The molecule has 9 heteroatoms. The van der Waals surface area contributed by atoms with Crippen molar-refractivity contribution in [2.24, 2.45) is 5.92 Å². The third-order valence-corrected chi connectivity index (χ3v) is 4.10. The van der Waals surface area contributed by atoms with Gasteiger partial charge >= 0.3 is 0 Å². The summed E-state index contributed by atoms with van der Waals surface area (Å²) in [7, 11) is 0. The molecule has 3 unspecified atom stereocenters. The molecule has 0 spiro atoms. The first kappa shape index (κ1) is 16.1. The van der Waals surface area contributed by atoms with E-state index >= 15 is 0 Å². The van der Waals surface area contributed by atoms with E-state index in [-0.39, 0.29) is 11.7 Å². The lowest BCUT2D eigenvalue weighted by Crippen LogP contribution is -2.50. The van der Waals surface area contributed by atoms with Gasteiger partial charge in [0.1, 0.15) is 17.9 Å². The van der Waals surface area contributed by atoms with E-state index in [0.29, 0.717) is 24.3 Å². The van der Waals surface area contributed by atoms with Crippen LogP contribution in [-0.2, 0) is 4.74 Å². The van der Waals surface area contributed by atoms with Gasteiger partial charge in [0.15, 0.2) is 17.7 Å². The summed E-state index contributed by atoms with van der Waals surface area (Å²) in [5, 5.41) is 24.0. The molecule has 9 nitrogen and oxygen atoms in total. The lowest BCUT2D eigenvalue weighted by Gasteiger charge is -2.38. The van der Waals surface area contributed by atoms with Crippen molar-refractivity contribution < 1.29 is 14.9 Å². The summed E-state index contributed by atoms with van der Waals surface area (Å²) in [6.45, 7) is 3.87. The van der Waals surface area contributed by atoms with E-state index in [0.717, 1.165) is 13.0 Å². The summed E-state index contributed by atoms with van der Waals surface area (Å²) < 4.78 is 7.35. The van der Waals surface area contributed by atoms with Gasteiger partial charge in [-0.3, -0.25) is 4.57 Å². The number of ether oxygens (including phenoxy) is 1. The first-order chi connectivity index (χ1) is 11.1. The first-order valence-corrected chi connectivity index (χ1v) is 7.75. The molecular weight excluding hydrogens is 300 g/mol. The molecule has 0 amide bonds. The van der Waals surface area contributed by atoms with E-state index < -0.39 is 18.4 Å². The maximum absolute atomic E-state index is 10.4. The Labute approximate surface area is 133 Å². The van der Waals surface area contributed by atoms with E-state index in [1.54, 1.807) is 4.57 Å². The molecule has 3 heterocycles. The van der Waals surface area contributed by atoms with E-state index in [1.165, 1.54) is 12.7 Å². The number of aliphatic hydroxyl groups is 2. The quantitative estimate of drug-likeness (QED) is 0.530. The zero-order chi connectivity index (χ0) is 16.4. The van der Waals surface area contributed by atoms with Crippen LogP contribution in [0.2, 0.25) is 0 Å². The van der Waals surface area contributed by atoms with Crippen LogP contribution >= 0.6 is 0 Å². The van der Waals surface area contributed by atoms with Gasteiger partial charge in [-0.1, -0.05) is 6.92 Å². The second kappa shape index (κ2) is 6.75. The van der Waals surface area contributed by atoms with E-state index in [1.807, 2.05) is 0 Å². The Balaban J connectivity index is 1.78. The average Bonchev–Trinajstić information content (AvgIpc) is 2.97. The highest BCUT2D eigenvalue weighted by Crippen LogP contribution is 2.29. The Morgan fingerprint density at radius 3 is 2.96 bits per heavy atom. The van der Waals surface area contributed by atoms with Crippen molar-refractivity contribution in [2.75, 3.05) is 25.4 Å². The lowest BCUT2D eigenvalue weighted by atomic mass is 9.94. The summed E-state index contributed by atoms with van der Waals surface area (Å²) in [4.78, 5) is 12.2. The van der Waals surface area contributed by atoms with Crippen molar-refractivity contribution in [1.82, 2.24) is 24.8 Å². The van der Waals surface area contributed by atoms with Crippen molar-refractivity contribution in [2.45, 2.75) is 31.8 Å². The standard InChI is InChI=1S/C14H22N6O3/c1-2-3-16-4-8-5-23-14(11(22)10(8)21)20-7-19-9-12(15)17-6-18-13(9)20/h6-8,10-11,14,16,21-22H,2-5H2,1H3,(H2,15,17,18)/t8-,10?,11?,14?/m1/s1. The molecule has 0 bridgehead atoms. The fraction of sp³-hybridized carbons (Fsp3) is 0.643. The van der Waals surface area contributed by atoms with Crippen LogP contribution in [0, 0.1) is 5.92 Å². The summed E-state index contributed by atoms with van der Waals surface area (Å²) in [5.41, 5.74) is 6.68. The number of nitrogens with two attached hydrogens (primary N) is 1. The van der Waals surface area contributed by atoms with Crippen LogP contribution in [0.25, 0.3) is 11.2 Å². The number of hydrogen-bond donors (Lipinski definition) is 4. The zero-order valence-corrected chi connectivity index (χ0v) is 13.0. The SMILES string of the molecule is CCCNC[C@@H]1COC(n2cnc3c(N)ncnc32)C(O)C1O. The minimum Gasteiger partial charge on any atom is -0.390 e. The fourth-order valence-electron chi connectivity index (χ4n) is 2.81. The highest BCUT2D eigenvalue weighted by Gasteiger charge is 2.39. The van der Waals surface area contributed by atoms with E-state index in [2.05, 4.69) is 27.2 Å². The number of anilines is 1. The predicted molar refractivity (Wildman–Crippen MR) is 83.4 cm³/mol. The maximum atomic E-state index is 10.4. The molecule has 2 aromatic heterocycles. The van der Waals surface area contributed by atoms with Gasteiger partial charge in [-0.25, -0.2) is 15.0 Å². The number of nitrogens with one attached hydrogen (secondary N) is 1. The number of rotatable bonds is 5. The van der Waals surface area contributed by atoms with Gasteiger partial charge in [0.25, 0.3) is 0 Å². The van der Waals surface area contributed by atoms with E-state index in [9.17, 15) is 10.2 Å². The van der Waals surface area contributed by atoms with Gasteiger partial charge in [-0.2, -0.15) is 0 Å². The molecule has 1 fully saturated rings. The molecule has 0 aliphatic carbocycles. The highest BCUT2D eigenvalue weighted by molar-refractivity contribution is 5.81. The summed E-state index contributed by atoms with van der Waals surface area (Å²) >= 11 is 0. The smallest absolute Gasteiger partial charge is 0.167 e. The number of aromatic nitrogens is 4. The maximum Gasteiger partial charge on any atom is 0.167 e. The van der Waals surface area contributed by atoms with Crippen molar-refractivity contribution >= 4 is 17.0 Å². The molecule has 126 valence electrons. The fourth-order valence-corrected chi connectivity index (χ4v) is 2.81. The first-order valence-electron chi connectivity index (χ1n) is 7.75. The lowest BCUT2D eigenvalue weighted by molar-refractivity contribution is -0.189. The highest BCUT2D eigenvalue weighted by atomic mass is 16.5. The minimum atomic E-state index is -1.08. The Morgan fingerprint density at radius 1 is 1.35 bits per heavy atom. The summed E-state index contributed by atoms with van der Waals surface area (Å²) in [5.74, 6) is 0.100. The normalized spacial score (nSPS) is 28.3. The molecule has 3 rings (SSSR count). The molecule has 5 N–H and O–H groups in total. The van der Waals surface area contributed by atoms with Crippen LogP contribution in [-0.4, -0.2) is 61.6 Å². The predicted octanol–water partition coefficient (Wildman–Crippen LogP) is -0.725. The molecule has 1 aliphatic heterocycles. The number of hydrogen-bond acceptors (Lipinski definition) is 8. The van der Waals surface area contributed by atoms with Gasteiger partial charge in [0.2, 0.25) is 0 Å². The third kappa shape index (κ3) is 3.00. The van der Waals surface area contributed by atoms with Gasteiger partial charge in [-0.15, -0.1) is 0 Å². The summed E-state index contributed by atoms with van der Waals surface area (Å²) in [6, 6.07) is 0. The van der Waals surface area contributed by atoms with Crippen LogP contribution in [0.1, 0.15) is 19.6 Å². The third-order valence-electron chi connectivity index (χ3n) is 4.10. The number of nitrogen functional groups attached to an aromatic ring is 1. The zero-order valence-electron chi connectivity index (χ0n) is 13.0. The number of nitrogens with zero attached hydrogens (tertiary/aromatic N) is 4. The monoisotopic (exact) mass is 322 g/mol. The number of imidazole rings is 1. The average molecular weight is 322 g/mol. The molecule has 2 aromatic rings. The van der Waals surface area contributed by atoms with Crippen molar-refractivity contribution in [3.63, 3.8) is 0 Å². The molecule has 1 saturated heterocycles. The molecule has 0 radical (unpaired) electrons. The Morgan fingerprint density at radius 2 is 2.17 bits per heavy atom. The Kier molecular flexibility index (Phi) is 4.71.